The fourth-order valence-corrected chi connectivity index (χ4v) is 5.19. The van der Waals surface area contributed by atoms with Gasteiger partial charge in [0.1, 0.15) is 18.3 Å². The van der Waals surface area contributed by atoms with E-state index in [1.807, 2.05) is 6.92 Å². The van der Waals surface area contributed by atoms with E-state index in [1.165, 1.54) is 103 Å². The molecule has 0 bridgehead atoms. The smallest absolute Gasteiger partial charge is 0.147 e. The first-order valence-corrected chi connectivity index (χ1v) is 13.7. The monoisotopic (exact) mass is 427 g/mol. The lowest BCUT2D eigenvalue weighted by molar-refractivity contribution is -0.974. The summed E-state index contributed by atoms with van der Waals surface area (Å²) in [6, 6.07) is 0. The van der Waals surface area contributed by atoms with Crippen LogP contribution >= 0.6 is 0 Å². The molecule has 0 spiro atoms. The van der Waals surface area contributed by atoms with Gasteiger partial charge in [-0.1, -0.05) is 103 Å². The van der Waals surface area contributed by atoms with Gasteiger partial charge in [0.25, 0.3) is 0 Å². The van der Waals surface area contributed by atoms with Crippen LogP contribution in [-0.4, -0.2) is 41.0 Å². The van der Waals surface area contributed by atoms with Crippen LogP contribution in [0.25, 0.3) is 0 Å². The molecule has 3 heteroatoms. The number of unbranched alkanes of at least 4 members (excludes halogenated alkanes) is 15. The molecule has 0 heterocycles. The van der Waals surface area contributed by atoms with E-state index in [0.717, 1.165) is 30.5 Å². The lowest BCUT2D eigenvalue weighted by Gasteiger charge is -2.49. The molecule has 0 saturated carbocycles. The summed E-state index contributed by atoms with van der Waals surface area (Å²) in [5.74, 6) is 0. The molecule has 0 aliphatic carbocycles. The second-order valence-corrected chi connectivity index (χ2v) is 10.2. The van der Waals surface area contributed by atoms with Gasteiger partial charge in [0.15, 0.2) is 0 Å². The average molecular weight is 428 g/mol. The van der Waals surface area contributed by atoms with Crippen LogP contribution in [0.5, 0.6) is 0 Å². The molecular weight excluding hydrogens is 368 g/mol. The van der Waals surface area contributed by atoms with E-state index in [1.54, 1.807) is 0 Å². The number of aliphatic hydroxyl groups excluding tert-OH is 1. The van der Waals surface area contributed by atoms with E-state index in [9.17, 15) is 5.11 Å². The Morgan fingerprint density at radius 2 is 1.00 bits per heavy atom. The molecule has 0 aliphatic heterocycles. The molecule has 0 aromatic rings. The predicted octanol–water partition coefficient (Wildman–Crippen LogP) is 7.55. The molecule has 0 rings (SSSR count). The van der Waals surface area contributed by atoms with Gasteiger partial charge < -0.3 is 9.59 Å². The third-order valence-electron chi connectivity index (χ3n) is 7.44. The van der Waals surface area contributed by atoms with E-state index < -0.39 is 0 Å². The van der Waals surface area contributed by atoms with E-state index in [-0.39, 0.29) is 11.8 Å². The van der Waals surface area contributed by atoms with Crippen molar-refractivity contribution < 1.29 is 9.59 Å². The van der Waals surface area contributed by atoms with Crippen molar-refractivity contribution >= 4 is 0 Å². The van der Waals surface area contributed by atoms with Crippen LogP contribution in [0, 0.1) is 0 Å². The van der Waals surface area contributed by atoms with E-state index >= 15 is 0 Å². The van der Waals surface area contributed by atoms with Crippen molar-refractivity contribution in [1.29, 1.82) is 0 Å². The quantitative estimate of drug-likeness (QED) is 0.106. The molecule has 0 aromatic heterocycles. The number of nitrogens with two attached hydrogens (primary N) is 1. The van der Waals surface area contributed by atoms with Crippen LogP contribution in [0.1, 0.15) is 144 Å². The van der Waals surface area contributed by atoms with Crippen molar-refractivity contribution in [2.24, 2.45) is 5.73 Å². The van der Waals surface area contributed by atoms with Crippen molar-refractivity contribution in [2.75, 3.05) is 19.6 Å². The molecule has 0 aromatic carbocycles. The number of hydrogen-bond acceptors (Lipinski definition) is 2. The second kappa shape index (κ2) is 18.5. The Kier molecular flexibility index (Phi) is 18.4. The number of quaternary nitrogens is 1. The number of aliphatic hydroxyl groups is 1. The summed E-state index contributed by atoms with van der Waals surface area (Å²) >= 11 is 0. The van der Waals surface area contributed by atoms with Gasteiger partial charge in [-0.05, 0) is 27.2 Å². The Hall–Kier alpha value is -0.120. The minimum absolute atomic E-state index is 0.240. The highest BCUT2D eigenvalue weighted by atomic mass is 16.3. The fourth-order valence-electron chi connectivity index (χ4n) is 5.19. The fraction of sp³-hybridized carbons (Fsp3) is 1.00. The van der Waals surface area contributed by atoms with Crippen molar-refractivity contribution in [3.05, 3.63) is 0 Å². The Morgan fingerprint density at radius 1 is 0.667 bits per heavy atom. The SMILES string of the molecule is CCCCCCCCCCCCCCCCCCC(C)(N)[N+](CC)(CC)CC(C)O. The second-order valence-electron chi connectivity index (χ2n) is 10.2. The number of hydrogen-bond donors (Lipinski definition) is 2. The van der Waals surface area contributed by atoms with Gasteiger partial charge in [-0.2, -0.15) is 0 Å². The van der Waals surface area contributed by atoms with Crippen LogP contribution in [0.4, 0.5) is 0 Å². The van der Waals surface area contributed by atoms with Crippen LogP contribution < -0.4 is 5.73 Å². The normalized spacial score (nSPS) is 15.3. The highest BCUT2D eigenvalue weighted by Crippen LogP contribution is 2.27. The third kappa shape index (κ3) is 13.3. The highest BCUT2D eigenvalue weighted by Gasteiger charge is 2.42. The third-order valence-corrected chi connectivity index (χ3v) is 7.44. The highest BCUT2D eigenvalue weighted by molar-refractivity contribution is 4.71. The molecule has 3 nitrogen and oxygen atoms in total. The van der Waals surface area contributed by atoms with E-state index in [2.05, 4.69) is 27.7 Å². The Bertz CT molecular complexity index is 364. The first-order chi connectivity index (χ1) is 14.3. The maximum Gasteiger partial charge on any atom is 0.147 e. The van der Waals surface area contributed by atoms with Crippen molar-refractivity contribution in [2.45, 2.75) is 156 Å². The average Bonchev–Trinajstić information content (AvgIpc) is 2.71. The molecule has 182 valence electrons. The van der Waals surface area contributed by atoms with Crippen LogP contribution in [0.15, 0.2) is 0 Å². The topological polar surface area (TPSA) is 46.2 Å². The first-order valence-electron chi connectivity index (χ1n) is 13.7. The van der Waals surface area contributed by atoms with Gasteiger partial charge in [0, 0.05) is 13.3 Å². The van der Waals surface area contributed by atoms with E-state index in [4.69, 9.17) is 5.73 Å². The Balaban J connectivity index is 3.66. The maximum atomic E-state index is 9.95. The molecule has 0 radical (unpaired) electrons. The number of nitrogens with zero attached hydrogens (tertiary/aromatic N) is 1. The maximum absolute atomic E-state index is 9.95. The lowest BCUT2D eigenvalue weighted by atomic mass is 9.97. The number of rotatable bonds is 22. The van der Waals surface area contributed by atoms with Crippen molar-refractivity contribution in [3.63, 3.8) is 0 Å². The zero-order chi connectivity index (χ0) is 22.7. The van der Waals surface area contributed by atoms with Gasteiger partial charge in [-0.15, -0.1) is 0 Å². The predicted molar refractivity (Wildman–Crippen MR) is 135 cm³/mol. The Morgan fingerprint density at radius 3 is 1.30 bits per heavy atom. The molecular formula is C27H59N2O+. The van der Waals surface area contributed by atoms with Crippen LogP contribution in [0.3, 0.4) is 0 Å². The zero-order valence-electron chi connectivity index (χ0n) is 21.7. The van der Waals surface area contributed by atoms with Crippen LogP contribution in [-0.2, 0) is 0 Å². The minimum Gasteiger partial charge on any atom is -0.388 e. The molecule has 2 atom stereocenters. The van der Waals surface area contributed by atoms with Crippen LogP contribution in [0.2, 0.25) is 0 Å². The molecule has 3 N–H and O–H groups in total. The van der Waals surface area contributed by atoms with Gasteiger partial charge in [0.2, 0.25) is 0 Å². The molecule has 0 amide bonds. The van der Waals surface area contributed by atoms with Crippen molar-refractivity contribution in [3.8, 4) is 0 Å². The molecule has 0 aliphatic rings. The molecule has 0 fully saturated rings. The first kappa shape index (κ1) is 29.9. The van der Waals surface area contributed by atoms with Gasteiger partial charge in [0.05, 0.1) is 13.1 Å². The zero-order valence-corrected chi connectivity index (χ0v) is 21.7. The summed E-state index contributed by atoms with van der Waals surface area (Å²) in [5.41, 5.74) is 6.55. The summed E-state index contributed by atoms with van der Waals surface area (Å²) in [5, 5.41) is 9.95. The summed E-state index contributed by atoms with van der Waals surface area (Å²) in [4.78, 5) is 0. The van der Waals surface area contributed by atoms with E-state index in [0.29, 0.717) is 0 Å². The summed E-state index contributed by atoms with van der Waals surface area (Å²) < 4.78 is 0.823. The minimum atomic E-state index is -0.293. The molecule has 0 saturated heterocycles. The largest absolute Gasteiger partial charge is 0.388 e. The summed E-state index contributed by atoms with van der Waals surface area (Å²) in [6.07, 6.45) is 23.2. The van der Waals surface area contributed by atoms with Gasteiger partial charge >= 0.3 is 0 Å². The molecule has 2 unspecified atom stereocenters. The van der Waals surface area contributed by atoms with Gasteiger partial charge in [-0.3, -0.25) is 5.73 Å². The number of likely N-dealkylation sites (N-methyl/N-ethyl adjacent to an activating group) is 1. The summed E-state index contributed by atoms with van der Waals surface area (Å²) in [6.45, 7) is 13.6. The lowest BCUT2D eigenvalue weighted by Crippen LogP contribution is -2.69. The van der Waals surface area contributed by atoms with Crippen molar-refractivity contribution in [1.82, 2.24) is 0 Å². The Labute approximate surface area is 190 Å². The standard InChI is InChI=1S/C27H59N2O/c1-6-9-10-11-12-13-14-15-16-17-18-19-20-21-22-23-24-27(5,28)29(7-2,8-3)25-26(4)30/h26,30H,6-25,28H2,1-5H3/q+1. The summed E-state index contributed by atoms with van der Waals surface area (Å²) in [7, 11) is 0. The van der Waals surface area contributed by atoms with Gasteiger partial charge in [-0.25, -0.2) is 0 Å². The molecule has 30 heavy (non-hydrogen) atoms.